The zero-order chi connectivity index (χ0) is 18.7. The van der Waals surface area contributed by atoms with Gasteiger partial charge < -0.3 is 10.2 Å². The molecular weight excluding hydrogens is 326 g/mol. The van der Waals surface area contributed by atoms with Gasteiger partial charge in [-0.25, -0.2) is 0 Å². The van der Waals surface area contributed by atoms with Crippen LogP contribution >= 0.6 is 0 Å². The summed E-state index contributed by atoms with van der Waals surface area (Å²) in [5.74, 6) is -1.04. The maximum Gasteiger partial charge on any atom is 0.313 e. The van der Waals surface area contributed by atoms with Crippen LogP contribution in [-0.4, -0.2) is 33.8 Å². The lowest BCUT2D eigenvalue weighted by molar-refractivity contribution is -0.150. The number of piperidine rings is 1. The van der Waals surface area contributed by atoms with Gasteiger partial charge >= 0.3 is 11.8 Å². The summed E-state index contributed by atoms with van der Waals surface area (Å²) in [6, 6.07) is 1.89. The zero-order valence-electron chi connectivity index (χ0n) is 15.7. The Labute approximate surface area is 155 Å². The van der Waals surface area contributed by atoms with Gasteiger partial charge in [-0.15, -0.1) is 0 Å². The molecule has 0 spiro atoms. The van der Waals surface area contributed by atoms with Gasteiger partial charge in [0.15, 0.2) is 0 Å². The normalized spacial score (nSPS) is 28.0. The van der Waals surface area contributed by atoms with E-state index in [0.717, 1.165) is 31.2 Å². The third-order valence-electron chi connectivity index (χ3n) is 5.51. The van der Waals surface area contributed by atoms with Crippen molar-refractivity contribution in [3.8, 4) is 0 Å². The van der Waals surface area contributed by atoms with Gasteiger partial charge in [-0.05, 0) is 51.2 Å². The van der Waals surface area contributed by atoms with Crippen LogP contribution in [0.15, 0.2) is 42.8 Å². The average molecular weight is 353 g/mol. The topological polar surface area (TPSA) is 62.3 Å². The van der Waals surface area contributed by atoms with E-state index in [1.54, 1.807) is 12.4 Å². The molecule has 1 aliphatic carbocycles. The number of nitrogens with one attached hydrogen (secondary N) is 1. The van der Waals surface area contributed by atoms with Crippen molar-refractivity contribution in [2.45, 2.75) is 58.5 Å². The number of hydrogen-bond acceptors (Lipinski definition) is 3. The van der Waals surface area contributed by atoms with Crippen LogP contribution in [0, 0.1) is 12.3 Å². The van der Waals surface area contributed by atoms with Crippen LogP contribution in [0.2, 0.25) is 0 Å². The van der Waals surface area contributed by atoms with Crippen LogP contribution in [0.1, 0.15) is 45.1 Å². The van der Waals surface area contributed by atoms with Gasteiger partial charge in [-0.3, -0.25) is 14.6 Å². The first-order chi connectivity index (χ1) is 12.4. The van der Waals surface area contributed by atoms with Crippen molar-refractivity contribution in [1.82, 2.24) is 9.88 Å². The van der Waals surface area contributed by atoms with Crippen molar-refractivity contribution in [2.75, 3.05) is 5.32 Å². The van der Waals surface area contributed by atoms with Crippen molar-refractivity contribution < 1.29 is 9.59 Å². The number of carbonyl (C=O) groups is 2. The highest BCUT2D eigenvalue weighted by Crippen LogP contribution is 2.40. The molecule has 1 fully saturated rings. The van der Waals surface area contributed by atoms with Crippen LogP contribution in [-0.2, 0) is 9.59 Å². The third-order valence-corrected chi connectivity index (χ3v) is 5.51. The molecule has 26 heavy (non-hydrogen) atoms. The summed E-state index contributed by atoms with van der Waals surface area (Å²) in [6.45, 7) is 6.12. The van der Waals surface area contributed by atoms with E-state index in [1.807, 2.05) is 37.0 Å². The molecule has 1 aliphatic heterocycles. The SMILES string of the molecule is Cc1cncc(NC(=O)C(=O)N2[C@H](C)CCC[C@H]2C2(C)C=CC=CC2)c1. The first kappa shape index (κ1) is 18.4. The van der Waals surface area contributed by atoms with E-state index < -0.39 is 11.8 Å². The van der Waals surface area contributed by atoms with Crippen LogP contribution in [0.5, 0.6) is 0 Å². The Bertz CT molecular complexity index is 755. The Morgan fingerprint density at radius 2 is 2.08 bits per heavy atom. The van der Waals surface area contributed by atoms with Gasteiger partial charge in [0.05, 0.1) is 11.9 Å². The molecule has 5 nitrogen and oxygen atoms in total. The van der Waals surface area contributed by atoms with E-state index >= 15 is 0 Å². The molecule has 2 amide bonds. The minimum Gasteiger partial charge on any atom is -0.328 e. The minimum atomic E-state index is -0.588. The number of carbonyl (C=O) groups excluding carboxylic acids is 2. The summed E-state index contributed by atoms with van der Waals surface area (Å²) in [5.41, 5.74) is 1.35. The molecule has 1 saturated heterocycles. The number of anilines is 1. The maximum atomic E-state index is 13.0. The van der Waals surface area contributed by atoms with Crippen molar-refractivity contribution >= 4 is 17.5 Å². The van der Waals surface area contributed by atoms with E-state index in [1.165, 1.54) is 0 Å². The Morgan fingerprint density at radius 1 is 1.27 bits per heavy atom. The smallest absolute Gasteiger partial charge is 0.313 e. The number of rotatable bonds is 2. The molecule has 0 aromatic carbocycles. The lowest BCUT2D eigenvalue weighted by atomic mass is 9.72. The highest BCUT2D eigenvalue weighted by molar-refractivity contribution is 6.39. The van der Waals surface area contributed by atoms with Gasteiger partial charge in [0.1, 0.15) is 0 Å². The fourth-order valence-electron chi connectivity index (χ4n) is 4.10. The van der Waals surface area contributed by atoms with Crippen LogP contribution in [0.25, 0.3) is 0 Å². The highest BCUT2D eigenvalue weighted by Gasteiger charge is 2.43. The third kappa shape index (κ3) is 3.71. The quantitative estimate of drug-likeness (QED) is 0.826. The molecule has 3 rings (SSSR count). The van der Waals surface area contributed by atoms with Crippen molar-refractivity contribution in [1.29, 1.82) is 0 Å². The van der Waals surface area contributed by atoms with Crippen LogP contribution in [0.4, 0.5) is 5.69 Å². The van der Waals surface area contributed by atoms with Crippen LogP contribution in [0.3, 0.4) is 0 Å². The predicted molar refractivity (Wildman–Crippen MR) is 103 cm³/mol. The predicted octanol–water partition coefficient (Wildman–Crippen LogP) is 3.62. The first-order valence-corrected chi connectivity index (χ1v) is 9.30. The fourth-order valence-corrected chi connectivity index (χ4v) is 4.10. The molecule has 1 unspecified atom stereocenters. The largest absolute Gasteiger partial charge is 0.328 e. The second-order valence-electron chi connectivity index (χ2n) is 7.71. The summed E-state index contributed by atoms with van der Waals surface area (Å²) in [5, 5.41) is 2.71. The summed E-state index contributed by atoms with van der Waals surface area (Å²) < 4.78 is 0. The molecule has 2 heterocycles. The Balaban J connectivity index is 1.81. The van der Waals surface area contributed by atoms with Gasteiger partial charge in [-0.1, -0.05) is 31.2 Å². The summed E-state index contributed by atoms with van der Waals surface area (Å²) in [6.07, 6.45) is 15.5. The van der Waals surface area contributed by atoms with E-state index in [0.29, 0.717) is 5.69 Å². The molecule has 1 aromatic rings. The van der Waals surface area contributed by atoms with E-state index in [2.05, 4.69) is 29.4 Å². The number of nitrogens with zero attached hydrogens (tertiary/aromatic N) is 2. The molecular formula is C21H27N3O2. The average Bonchev–Trinajstić information content (AvgIpc) is 2.61. The number of pyridine rings is 1. The fraction of sp³-hybridized carbons (Fsp3) is 0.476. The lowest BCUT2D eigenvalue weighted by Crippen LogP contribution is -2.57. The highest BCUT2D eigenvalue weighted by atomic mass is 16.2. The molecule has 1 aromatic heterocycles. The van der Waals surface area contributed by atoms with Gasteiger partial charge in [-0.2, -0.15) is 0 Å². The molecule has 0 bridgehead atoms. The molecule has 3 atom stereocenters. The van der Waals surface area contributed by atoms with Gasteiger partial charge in [0.25, 0.3) is 0 Å². The Kier molecular flexibility index (Phi) is 5.25. The number of aromatic nitrogens is 1. The second-order valence-corrected chi connectivity index (χ2v) is 7.71. The zero-order valence-corrected chi connectivity index (χ0v) is 15.7. The number of likely N-dealkylation sites (tertiary alicyclic amines) is 1. The van der Waals surface area contributed by atoms with Crippen molar-refractivity contribution in [3.05, 3.63) is 48.3 Å². The number of allylic oxidation sites excluding steroid dienone is 3. The number of hydrogen-bond donors (Lipinski definition) is 1. The summed E-state index contributed by atoms with van der Waals surface area (Å²) in [4.78, 5) is 31.6. The monoisotopic (exact) mass is 353 g/mol. The van der Waals surface area contributed by atoms with E-state index in [4.69, 9.17) is 0 Å². The number of amides is 2. The van der Waals surface area contributed by atoms with Gasteiger partial charge in [0, 0.05) is 23.7 Å². The summed E-state index contributed by atoms with van der Waals surface area (Å²) >= 11 is 0. The molecule has 2 aliphatic rings. The Morgan fingerprint density at radius 3 is 2.77 bits per heavy atom. The molecule has 0 saturated carbocycles. The minimum absolute atomic E-state index is 0.0290. The van der Waals surface area contributed by atoms with E-state index in [9.17, 15) is 9.59 Å². The maximum absolute atomic E-state index is 13.0. The molecule has 5 heteroatoms. The van der Waals surface area contributed by atoms with Crippen molar-refractivity contribution in [3.63, 3.8) is 0 Å². The molecule has 1 N–H and O–H groups in total. The Hall–Kier alpha value is -2.43. The second kappa shape index (κ2) is 7.44. The van der Waals surface area contributed by atoms with Crippen LogP contribution < -0.4 is 5.32 Å². The standard InChI is InChI=1S/C21H27N3O2/c1-15-12-17(14-22-13-15)23-19(25)20(26)24-16(2)8-7-9-18(24)21(3)10-5-4-6-11-21/h4-6,10,12-14,16,18H,7-9,11H2,1-3H3,(H,23,25)/t16-,18+,21?/m1/s1. The molecule has 0 radical (unpaired) electrons. The lowest BCUT2D eigenvalue weighted by Gasteiger charge is -2.48. The first-order valence-electron chi connectivity index (χ1n) is 9.30. The van der Waals surface area contributed by atoms with Crippen molar-refractivity contribution in [2.24, 2.45) is 5.41 Å². The summed E-state index contributed by atoms with van der Waals surface area (Å²) in [7, 11) is 0. The van der Waals surface area contributed by atoms with E-state index in [-0.39, 0.29) is 17.5 Å². The van der Waals surface area contributed by atoms with Gasteiger partial charge in [0.2, 0.25) is 0 Å². The molecule has 138 valence electrons. The number of aryl methyl sites for hydroxylation is 1.